The Morgan fingerprint density at radius 3 is 1.94 bits per heavy atom. The van der Waals surface area contributed by atoms with Crippen molar-refractivity contribution in [2.24, 2.45) is 16.9 Å². The van der Waals surface area contributed by atoms with E-state index in [9.17, 15) is 9.59 Å². The van der Waals surface area contributed by atoms with Crippen LogP contribution in [0, 0.1) is 5.41 Å². The lowest BCUT2D eigenvalue weighted by molar-refractivity contribution is -0.132. The van der Waals surface area contributed by atoms with E-state index in [-0.39, 0.29) is 10.9 Å². The number of carbonyl (C=O) groups excluding carboxylic acids is 2. The second-order valence-corrected chi connectivity index (χ2v) is 4.98. The summed E-state index contributed by atoms with van der Waals surface area (Å²) in [5.41, 5.74) is 10.0. The van der Waals surface area contributed by atoms with Crippen LogP contribution in [0.2, 0.25) is 0 Å². The predicted molar refractivity (Wildman–Crippen MR) is 75.8 cm³/mol. The molecule has 0 aromatic rings. The molecule has 0 bridgehead atoms. The van der Waals surface area contributed by atoms with Crippen LogP contribution in [0.3, 0.4) is 0 Å². The first-order valence-corrected chi connectivity index (χ1v) is 6.62. The molecule has 0 radical (unpaired) electrons. The van der Waals surface area contributed by atoms with Gasteiger partial charge in [0.05, 0.1) is 10.4 Å². The number of hydrogen-bond donors (Lipinski definition) is 3. The molecule has 0 spiro atoms. The molecule has 0 heterocycles. The fraction of sp³-hybridized carbons (Fsp3) is 0.750. The minimum Gasteiger partial charge on any atom is -0.392 e. The number of amides is 2. The summed E-state index contributed by atoms with van der Waals surface area (Å²) in [5, 5.41) is 2.59. The van der Waals surface area contributed by atoms with Crippen molar-refractivity contribution < 1.29 is 9.59 Å². The van der Waals surface area contributed by atoms with Gasteiger partial charge in [0.25, 0.3) is 0 Å². The molecule has 1 unspecified atom stereocenters. The molecule has 6 heteroatoms. The summed E-state index contributed by atoms with van der Waals surface area (Å²) in [7, 11) is 0. The molecule has 104 valence electrons. The molecule has 1 atom stereocenters. The number of nitrogens with two attached hydrogens (primary N) is 2. The zero-order valence-electron chi connectivity index (χ0n) is 11.3. The Hall–Kier alpha value is -1.17. The van der Waals surface area contributed by atoms with Gasteiger partial charge in [0.15, 0.2) is 0 Å². The number of thiocarbonyl (C=S) groups is 1. The van der Waals surface area contributed by atoms with Crippen molar-refractivity contribution in [2.45, 2.75) is 52.5 Å². The first kappa shape index (κ1) is 16.8. The molecule has 0 aliphatic carbocycles. The molecule has 0 aliphatic heterocycles. The van der Waals surface area contributed by atoms with Gasteiger partial charge in [-0.25, -0.2) is 0 Å². The van der Waals surface area contributed by atoms with Gasteiger partial charge in [0, 0.05) is 0 Å². The zero-order chi connectivity index (χ0) is 14.3. The van der Waals surface area contributed by atoms with Crippen LogP contribution in [0.1, 0.15) is 46.5 Å². The molecule has 5 nitrogen and oxygen atoms in total. The summed E-state index contributed by atoms with van der Waals surface area (Å²) < 4.78 is 0. The van der Waals surface area contributed by atoms with Crippen molar-refractivity contribution in [2.75, 3.05) is 0 Å². The minimum atomic E-state index is -0.872. The van der Waals surface area contributed by atoms with Crippen molar-refractivity contribution >= 4 is 29.0 Å². The molecular formula is C12H23N3O2S. The maximum atomic E-state index is 12.3. The Kier molecular flexibility index (Phi) is 6.83. The van der Waals surface area contributed by atoms with Crippen molar-refractivity contribution in [3.63, 3.8) is 0 Å². The molecule has 0 saturated carbocycles. The smallest absolute Gasteiger partial charge is 0.239 e. The molecule has 18 heavy (non-hydrogen) atoms. The number of primary amides is 1. The van der Waals surface area contributed by atoms with E-state index >= 15 is 0 Å². The SMILES string of the molecule is CCCC(CCC)(C(=O)NC(C)C(N)=O)C(N)=S. The Labute approximate surface area is 114 Å². The summed E-state index contributed by atoms with van der Waals surface area (Å²) in [4.78, 5) is 23.5. The van der Waals surface area contributed by atoms with Crippen molar-refractivity contribution in [3.05, 3.63) is 0 Å². The van der Waals surface area contributed by atoms with E-state index in [1.807, 2.05) is 13.8 Å². The van der Waals surface area contributed by atoms with Gasteiger partial charge in [0.1, 0.15) is 6.04 Å². The molecule has 0 fully saturated rings. The third-order valence-electron chi connectivity index (χ3n) is 3.03. The third-order valence-corrected chi connectivity index (χ3v) is 3.42. The lowest BCUT2D eigenvalue weighted by atomic mass is 9.78. The average molecular weight is 273 g/mol. The highest BCUT2D eigenvalue weighted by molar-refractivity contribution is 7.80. The summed E-state index contributed by atoms with van der Waals surface area (Å²) in [6.07, 6.45) is 2.73. The Morgan fingerprint density at radius 1 is 1.22 bits per heavy atom. The van der Waals surface area contributed by atoms with Crippen LogP contribution < -0.4 is 16.8 Å². The summed E-state index contributed by atoms with van der Waals surface area (Å²) in [6.45, 7) is 5.48. The molecule has 0 aliphatic rings. The number of hydrogen-bond acceptors (Lipinski definition) is 3. The van der Waals surface area contributed by atoms with Crippen molar-refractivity contribution in [1.82, 2.24) is 5.32 Å². The van der Waals surface area contributed by atoms with Crippen LogP contribution in [0.5, 0.6) is 0 Å². The quantitative estimate of drug-likeness (QED) is 0.571. The van der Waals surface area contributed by atoms with Gasteiger partial charge in [-0.05, 0) is 19.8 Å². The second-order valence-electron chi connectivity index (χ2n) is 4.54. The molecule has 2 amide bonds. The fourth-order valence-electron chi connectivity index (χ4n) is 1.97. The second kappa shape index (κ2) is 7.31. The third kappa shape index (κ3) is 3.94. The molecule has 0 aromatic heterocycles. The van der Waals surface area contributed by atoms with Gasteiger partial charge in [-0.3, -0.25) is 9.59 Å². The van der Waals surface area contributed by atoms with Gasteiger partial charge in [-0.2, -0.15) is 0 Å². The summed E-state index contributed by atoms with van der Waals surface area (Å²) >= 11 is 5.06. The minimum absolute atomic E-state index is 0.181. The Morgan fingerprint density at radius 2 is 1.67 bits per heavy atom. The number of nitrogens with one attached hydrogen (secondary N) is 1. The molecule has 0 rings (SSSR count). The molecule has 0 aromatic carbocycles. The fourth-order valence-corrected chi connectivity index (χ4v) is 2.27. The van der Waals surface area contributed by atoms with E-state index in [1.54, 1.807) is 6.92 Å². The summed E-state index contributed by atoms with van der Waals surface area (Å²) in [6, 6.07) is -0.722. The first-order chi connectivity index (χ1) is 8.31. The highest BCUT2D eigenvalue weighted by Gasteiger charge is 2.40. The molecular weight excluding hydrogens is 250 g/mol. The standard InChI is InChI=1S/C12H23N3O2S/c1-4-6-12(7-5-2,10(14)18)11(17)15-8(3)9(13)16/h8H,4-7H2,1-3H3,(H2,13,16)(H2,14,18)(H,15,17). The van der Waals surface area contributed by atoms with E-state index in [0.29, 0.717) is 12.8 Å². The predicted octanol–water partition coefficient (Wildman–Crippen LogP) is 0.849. The van der Waals surface area contributed by atoms with Crippen LogP contribution >= 0.6 is 12.2 Å². The topological polar surface area (TPSA) is 98.2 Å². The van der Waals surface area contributed by atoms with Gasteiger partial charge in [-0.15, -0.1) is 0 Å². The monoisotopic (exact) mass is 273 g/mol. The first-order valence-electron chi connectivity index (χ1n) is 6.22. The maximum absolute atomic E-state index is 12.3. The van der Waals surface area contributed by atoms with E-state index in [1.165, 1.54) is 0 Å². The van der Waals surface area contributed by atoms with Crippen molar-refractivity contribution in [1.29, 1.82) is 0 Å². The van der Waals surface area contributed by atoms with E-state index in [2.05, 4.69) is 5.32 Å². The van der Waals surface area contributed by atoms with Crippen LogP contribution in [-0.2, 0) is 9.59 Å². The van der Waals surface area contributed by atoms with E-state index in [0.717, 1.165) is 12.8 Å². The Balaban J connectivity index is 5.10. The molecule has 5 N–H and O–H groups in total. The zero-order valence-corrected chi connectivity index (χ0v) is 12.1. The number of carbonyl (C=O) groups is 2. The number of rotatable bonds is 8. The van der Waals surface area contributed by atoms with Gasteiger partial charge >= 0.3 is 0 Å². The lowest BCUT2D eigenvalue weighted by Crippen LogP contribution is -2.53. The normalized spacial score (nSPS) is 12.8. The van der Waals surface area contributed by atoms with Crippen LogP contribution in [0.4, 0.5) is 0 Å². The van der Waals surface area contributed by atoms with Crippen LogP contribution in [0.25, 0.3) is 0 Å². The van der Waals surface area contributed by atoms with E-state index < -0.39 is 17.4 Å². The largest absolute Gasteiger partial charge is 0.392 e. The van der Waals surface area contributed by atoms with Gasteiger partial charge < -0.3 is 16.8 Å². The van der Waals surface area contributed by atoms with E-state index in [4.69, 9.17) is 23.7 Å². The Bertz CT molecular complexity index is 325. The highest BCUT2D eigenvalue weighted by atomic mass is 32.1. The van der Waals surface area contributed by atoms with Crippen LogP contribution in [0.15, 0.2) is 0 Å². The highest BCUT2D eigenvalue weighted by Crippen LogP contribution is 2.31. The maximum Gasteiger partial charge on any atom is 0.239 e. The molecule has 0 saturated heterocycles. The van der Waals surface area contributed by atoms with Crippen LogP contribution in [-0.4, -0.2) is 22.8 Å². The van der Waals surface area contributed by atoms with Gasteiger partial charge in [-0.1, -0.05) is 38.9 Å². The lowest BCUT2D eigenvalue weighted by Gasteiger charge is -2.31. The summed E-state index contributed by atoms with van der Waals surface area (Å²) in [5.74, 6) is -0.877. The van der Waals surface area contributed by atoms with Crippen molar-refractivity contribution in [3.8, 4) is 0 Å². The average Bonchev–Trinajstić information content (AvgIpc) is 2.27. The van der Waals surface area contributed by atoms with Gasteiger partial charge in [0.2, 0.25) is 11.8 Å².